The number of aromatic carboxylic acids is 1. The number of aromatic amines is 1. The highest BCUT2D eigenvalue weighted by Gasteiger charge is 2.23. The van der Waals surface area contributed by atoms with Gasteiger partial charge in [-0.25, -0.2) is 14.8 Å². The normalized spacial score (nSPS) is 14.6. The minimum atomic E-state index is -0.943. The Labute approximate surface area is 239 Å². The molecular weight excluding hydrogens is 516 g/mol. The molecule has 1 fully saturated rings. The summed E-state index contributed by atoms with van der Waals surface area (Å²) < 4.78 is 11.3. The van der Waals surface area contributed by atoms with Crippen LogP contribution in [0.4, 0.5) is 0 Å². The second-order valence-corrected chi connectivity index (χ2v) is 10.6. The predicted octanol–water partition coefficient (Wildman–Crippen LogP) is 5.96. The largest absolute Gasteiger partial charge is 0.478 e. The van der Waals surface area contributed by atoms with Gasteiger partial charge in [-0.15, -0.1) is 0 Å². The Morgan fingerprint density at radius 1 is 1.00 bits per heavy atom. The second kappa shape index (κ2) is 12.1. The molecule has 2 N–H and O–H groups in total. The summed E-state index contributed by atoms with van der Waals surface area (Å²) in [7, 11) is 1.62. The van der Waals surface area contributed by atoms with Gasteiger partial charge in [-0.2, -0.15) is 0 Å². The van der Waals surface area contributed by atoms with Crippen LogP contribution in [0.25, 0.3) is 21.8 Å². The van der Waals surface area contributed by atoms with Gasteiger partial charge in [0.1, 0.15) is 12.4 Å². The zero-order valence-electron chi connectivity index (χ0n) is 23.2. The number of hydrogen-bond acceptors (Lipinski definition) is 6. The molecule has 5 aromatic rings. The Morgan fingerprint density at radius 2 is 1.80 bits per heavy atom. The monoisotopic (exact) mass is 550 g/mol. The smallest absolute Gasteiger partial charge is 0.336 e. The maximum Gasteiger partial charge on any atom is 0.336 e. The first-order valence-corrected chi connectivity index (χ1v) is 14.1. The van der Waals surface area contributed by atoms with Crippen molar-refractivity contribution in [3.8, 4) is 5.88 Å². The van der Waals surface area contributed by atoms with Crippen molar-refractivity contribution < 1.29 is 19.4 Å². The van der Waals surface area contributed by atoms with Crippen molar-refractivity contribution in [2.24, 2.45) is 0 Å². The zero-order valence-corrected chi connectivity index (χ0v) is 23.2. The number of nitrogens with one attached hydrogen (secondary N) is 1. The van der Waals surface area contributed by atoms with E-state index < -0.39 is 5.97 Å². The number of nitrogens with zero attached hydrogens (tertiary/aromatic N) is 3. The van der Waals surface area contributed by atoms with Gasteiger partial charge >= 0.3 is 5.97 Å². The zero-order chi connectivity index (χ0) is 28.2. The van der Waals surface area contributed by atoms with Crippen molar-refractivity contribution in [3.63, 3.8) is 0 Å². The molecule has 210 valence electrons. The lowest BCUT2D eigenvalue weighted by Crippen LogP contribution is -2.33. The van der Waals surface area contributed by atoms with Crippen molar-refractivity contribution in [2.45, 2.75) is 38.3 Å². The lowest BCUT2D eigenvalue weighted by atomic mass is 9.93. The molecule has 0 amide bonds. The molecule has 1 saturated heterocycles. The van der Waals surface area contributed by atoms with Gasteiger partial charge in [-0.05, 0) is 72.5 Å². The van der Waals surface area contributed by atoms with Gasteiger partial charge in [0.25, 0.3) is 0 Å². The van der Waals surface area contributed by atoms with E-state index in [2.05, 4.69) is 58.4 Å². The van der Waals surface area contributed by atoms with Gasteiger partial charge in [0, 0.05) is 24.8 Å². The number of imidazole rings is 1. The number of rotatable bonds is 10. The molecule has 3 heterocycles. The van der Waals surface area contributed by atoms with Crippen molar-refractivity contribution in [2.75, 3.05) is 26.8 Å². The SMILES string of the molecule is COCCc1cc2[nH]c(CN3CCC(c4cccc(OCc5cccc6ccccc56)n4)CC3)nc2cc1C(=O)O. The number of methoxy groups -OCH3 is 1. The molecule has 0 unspecified atom stereocenters. The lowest BCUT2D eigenvalue weighted by Gasteiger charge is -2.31. The Bertz CT molecular complexity index is 1670. The molecule has 1 aliphatic rings. The molecule has 0 aliphatic carbocycles. The van der Waals surface area contributed by atoms with Gasteiger partial charge in [0.05, 0.1) is 29.7 Å². The molecule has 0 bridgehead atoms. The summed E-state index contributed by atoms with van der Waals surface area (Å²) >= 11 is 0. The van der Waals surface area contributed by atoms with Gasteiger partial charge in [-0.3, -0.25) is 4.90 Å². The first-order valence-electron chi connectivity index (χ1n) is 14.1. The van der Waals surface area contributed by atoms with Crippen LogP contribution < -0.4 is 4.74 Å². The summed E-state index contributed by atoms with van der Waals surface area (Å²) in [4.78, 5) is 27.1. The van der Waals surface area contributed by atoms with E-state index in [1.54, 1.807) is 13.2 Å². The molecule has 6 rings (SSSR count). The Kier molecular flexibility index (Phi) is 7.93. The maximum absolute atomic E-state index is 11.8. The fourth-order valence-corrected chi connectivity index (χ4v) is 5.75. The number of pyridine rings is 1. The number of carbonyl (C=O) groups is 1. The fraction of sp³-hybridized carbons (Fsp3) is 0.303. The summed E-state index contributed by atoms with van der Waals surface area (Å²) in [6.45, 7) is 3.51. The Hall–Kier alpha value is -4.27. The van der Waals surface area contributed by atoms with Gasteiger partial charge in [0.2, 0.25) is 5.88 Å². The third kappa shape index (κ3) is 6.09. The van der Waals surface area contributed by atoms with Crippen LogP contribution in [0.2, 0.25) is 0 Å². The van der Waals surface area contributed by atoms with E-state index in [0.717, 1.165) is 54.1 Å². The van der Waals surface area contributed by atoms with Crippen LogP contribution in [0.1, 0.15) is 51.8 Å². The van der Waals surface area contributed by atoms with Crippen LogP contribution in [-0.2, 0) is 24.3 Å². The number of fused-ring (bicyclic) bond motifs is 2. The predicted molar refractivity (Wildman–Crippen MR) is 158 cm³/mol. The average molecular weight is 551 g/mol. The number of hydrogen-bond donors (Lipinski definition) is 2. The topological polar surface area (TPSA) is 101 Å². The minimum Gasteiger partial charge on any atom is -0.478 e. The number of ether oxygens (including phenoxy) is 2. The minimum absolute atomic E-state index is 0.282. The molecule has 0 radical (unpaired) electrons. The van der Waals surface area contributed by atoms with Crippen LogP contribution in [-0.4, -0.2) is 57.7 Å². The van der Waals surface area contributed by atoms with Crippen molar-refractivity contribution in [1.82, 2.24) is 19.9 Å². The molecule has 2 aromatic heterocycles. The number of H-pyrrole nitrogens is 1. The standard InChI is InChI=1S/C33H34N4O4/c1-40-17-14-24-18-29-30(19-27(24)33(38)39)35-31(34-29)20-37-15-12-23(13-16-37)28-10-5-11-32(36-28)41-21-25-8-4-7-22-6-2-3-9-26(22)25/h2-11,18-19,23H,12-17,20-21H2,1H3,(H,34,35)(H,38,39). The molecular formula is C33H34N4O4. The van der Waals surface area contributed by atoms with E-state index in [0.29, 0.717) is 43.5 Å². The second-order valence-electron chi connectivity index (χ2n) is 10.6. The van der Waals surface area contributed by atoms with Gasteiger partial charge in [-0.1, -0.05) is 48.5 Å². The number of piperidine rings is 1. The van der Waals surface area contributed by atoms with Crippen LogP contribution in [0.15, 0.2) is 72.8 Å². The first kappa shape index (κ1) is 26.9. The molecule has 3 aromatic carbocycles. The van der Waals surface area contributed by atoms with E-state index in [1.165, 1.54) is 10.8 Å². The van der Waals surface area contributed by atoms with Crippen LogP contribution in [0, 0.1) is 0 Å². The summed E-state index contributed by atoms with van der Waals surface area (Å²) in [6, 6.07) is 24.3. The van der Waals surface area contributed by atoms with Crippen LogP contribution in [0.3, 0.4) is 0 Å². The van der Waals surface area contributed by atoms with E-state index in [4.69, 9.17) is 19.4 Å². The summed E-state index contributed by atoms with van der Waals surface area (Å²) in [5.41, 5.74) is 4.80. The third-order valence-electron chi connectivity index (χ3n) is 7.94. The molecule has 8 nitrogen and oxygen atoms in total. The van der Waals surface area contributed by atoms with Crippen molar-refractivity contribution >= 4 is 27.8 Å². The quantitative estimate of drug-likeness (QED) is 0.221. The van der Waals surface area contributed by atoms with E-state index in [9.17, 15) is 9.90 Å². The number of likely N-dealkylation sites (tertiary alicyclic amines) is 1. The number of carboxylic acid groups (broad SMARTS) is 1. The summed E-state index contributed by atoms with van der Waals surface area (Å²) in [6.07, 6.45) is 2.55. The van der Waals surface area contributed by atoms with E-state index in [-0.39, 0.29) is 5.56 Å². The van der Waals surface area contributed by atoms with Crippen molar-refractivity contribution in [3.05, 3.63) is 101 Å². The van der Waals surface area contributed by atoms with E-state index >= 15 is 0 Å². The summed E-state index contributed by atoms with van der Waals surface area (Å²) in [5.74, 6) is 0.942. The molecule has 8 heteroatoms. The van der Waals surface area contributed by atoms with Gasteiger partial charge in [0.15, 0.2) is 0 Å². The number of carboxylic acids is 1. The molecule has 0 spiro atoms. The van der Waals surface area contributed by atoms with Gasteiger partial charge < -0.3 is 19.6 Å². The number of benzene rings is 3. The maximum atomic E-state index is 11.8. The number of aromatic nitrogens is 3. The molecule has 0 atom stereocenters. The van der Waals surface area contributed by atoms with Crippen molar-refractivity contribution in [1.29, 1.82) is 0 Å². The highest BCUT2D eigenvalue weighted by molar-refractivity contribution is 5.94. The average Bonchev–Trinajstić information content (AvgIpc) is 3.40. The fourth-order valence-electron chi connectivity index (χ4n) is 5.75. The third-order valence-corrected chi connectivity index (χ3v) is 7.94. The first-order chi connectivity index (χ1) is 20.1. The van der Waals surface area contributed by atoms with Crippen LogP contribution >= 0.6 is 0 Å². The highest BCUT2D eigenvalue weighted by atomic mass is 16.5. The van der Waals surface area contributed by atoms with Crippen LogP contribution in [0.5, 0.6) is 5.88 Å². The highest BCUT2D eigenvalue weighted by Crippen LogP contribution is 2.29. The molecule has 0 saturated carbocycles. The molecule has 1 aliphatic heterocycles. The Balaban J connectivity index is 1.07. The Morgan fingerprint density at radius 3 is 2.63 bits per heavy atom. The van der Waals surface area contributed by atoms with E-state index in [1.807, 2.05) is 18.2 Å². The molecule has 41 heavy (non-hydrogen) atoms. The summed E-state index contributed by atoms with van der Waals surface area (Å²) in [5, 5.41) is 12.1. The lowest BCUT2D eigenvalue weighted by molar-refractivity contribution is 0.0695.